The number of nitrogens with two attached hydrogens (primary N) is 1. The molecule has 3 N–H and O–H groups in total. The third-order valence-electron chi connectivity index (χ3n) is 5.05. The molecule has 1 aromatic rings. The van der Waals surface area contributed by atoms with Gasteiger partial charge in [-0.05, 0) is 30.9 Å². The minimum atomic E-state index is -4.05. The van der Waals surface area contributed by atoms with E-state index in [9.17, 15) is 16.8 Å². The van der Waals surface area contributed by atoms with Crippen molar-refractivity contribution in [2.75, 3.05) is 20.6 Å². The Morgan fingerprint density at radius 2 is 1.76 bits per heavy atom. The number of sulfonamides is 2. The van der Waals surface area contributed by atoms with Crippen LogP contribution >= 0.6 is 0 Å². The summed E-state index contributed by atoms with van der Waals surface area (Å²) >= 11 is 0. The van der Waals surface area contributed by atoms with Gasteiger partial charge < -0.3 is 5.73 Å². The predicted molar refractivity (Wildman–Crippen MR) is 97.1 cm³/mol. The number of benzene rings is 1. The van der Waals surface area contributed by atoms with Crippen LogP contribution in [0.2, 0.25) is 0 Å². The summed E-state index contributed by atoms with van der Waals surface area (Å²) in [6, 6.07) is 5.65. The first-order valence-corrected chi connectivity index (χ1v) is 11.2. The zero-order valence-electron chi connectivity index (χ0n) is 14.9. The van der Waals surface area contributed by atoms with Crippen molar-refractivity contribution < 1.29 is 16.8 Å². The van der Waals surface area contributed by atoms with Crippen LogP contribution in [0, 0.1) is 5.92 Å². The van der Waals surface area contributed by atoms with Gasteiger partial charge in [-0.15, -0.1) is 0 Å². The summed E-state index contributed by atoms with van der Waals surface area (Å²) in [6.45, 7) is 2.16. The van der Waals surface area contributed by atoms with Crippen molar-refractivity contribution in [3.05, 3.63) is 24.3 Å². The van der Waals surface area contributed by atoms with E-state index in [0.717, 1.165) is 23.6 Å². The van der Waals surface area contributed by atoms with E-state index in [2.05, 4.69) is 4.72 Å². The van der Waals surface area contributed by atoms with Crippen molar-refractivity contribution in [2.24, 2.45) is 11.7 Å². The normalized spacial score (nSPS) is 25.2. The highest BCUT2D eigenvalue weighted by atomic mass is 32.2. The molecule has 0 spiro atoms. The molecule has 0 heterocycles. The number of rotatable bonds is 6. The van der Waals surface area contributed by atoms with E-state index in [1.807, 2.05) is 6.92 Å². The van der Waals surface area contributed by atoms with Gasteiger partial charge in [0.2, 0.25) is 20.0 Å². The Morgan fingerprint density at radius 1 is 1.16 bits per heavy atom. The van der Waals surface area contributed by atoms with E-state index in [0.29, 0.717) is 6.42 Å². The van der Waals surface area contributed by atoms with Gasteiger partial charge in [-0.2, -0.15) is 0 Å². The van der Waals surface area contributed by atoms with Crippen molar-refractivity contribution in [3.8, 4) is 0 Å². The van der Waals surface area contributed by atoms with Crippen LogP contribution in [-0.2, 0) is 20.0 Å². The quantitative estimate of drug-likeness (QED) is 0.758. The van der Waals surface area contributed by atoms with Crippen molar-refractivity contribution in [3.63, 3.8) is 0 Å². The van der Waals surface area contributed by atoms with E-state index in [4.69, 9.17) is 5.73 Å². The largest absolute Gasteiger partial charge is 0.329 e. The molecule has 0 amide bonds. The van der Waals surface area contributed by atoms with Gasteiger partial charge in [0.05, 0.1) is 0 Å². The highest BCUT2D eigenvalue weighted by molar-refractivity contribution is 7.92. The maximum absolute atomic E-state index is 13.1. The van der Waals surface area contributed by atoms with Gasteiger partial charge in [0.1, 0.15) is 9.79 Å². The molecule has 9 heteroatoms. The number of nitrogens with one attached hydrogen (secondary N) is 1. The molecule has 25 heavy (non-hydrogen) atoms. The Balaban J connectivity index is 2.51. The summed E-state index contributed by atoms with van der Waals surface area (Å²) in [6.07, 6.45) is 3.46. The molecule has 1 fully saturated rings. The standard InChI is InChI=1S/C16H27N3O4S2/c1-13-8-6-7-11-16(13,12-17)18-24(20,21)14-9-4-5-10-15(14)25(22,23)19(2)3/h4-5,9-10,13,18H,6-8,11-12,17H2,1-3H3. The lowest BCUT2D eigenvalue weighted by atomic mass is 9.74. The van der Waals surface area contributed by atoms with Crippen LogP contribution in [-0.4, -0.2) is 47.3 Å². The van der Waals surface area contributed by atoms with Crippen molar-refractivity contribution in [1.29, 1.82) is 0 Å². The third-order valence-corrected chi connectivity index (χ3v) is 8.67. The first-order valence-electron chi connectivity index (χ1n) is 8.32. The SMILES string of the molecule is CC1CCCCC1(CN)NS(=O)(=O)c1ccccc1S(=O)(=O)N(C)C. The zero-order chi connectivity index (χ0) is 18.9. The average Bonchev–Trinajstić information content (AvgIpc) is 2.56. The molecule has 0 saturated heterocycles. The van der Waals surface area contributed by atoms with E-state index < -0.39 is 25.6 Å². The summed E-state index contributed by atoms with van der Waals surface area (Å²) in [5.41, 5.74) is 5.19. The van der Waals surface area contributed by atoms with E-state index in [1.54, 1.807) is 0 Å². The number of hydrogen-bond donors (Lipinski definition) is 2. The van der Waals surface area contributed by atoms with E-state index in [-0.39, 0.29) is 22.3 Å². The monoisotopic (exact) mass is 389 g/mol. The van der Waals surface area contributed by atoms with Crippen LogP contribution in [0.5, 0.6) is 0 Å². The first-order chi connectivity index (χ1) is 11.6. The van der Waals surface area contributed by atoms with Gasteiger partial charge in [0.15, 0.2) is 0 Å². The Morgan fingerprint density at radius 3 is 2.28 bits per heavy atom. The summed E-state index contributed by atoms with van der Waals surface area (Å²) in [7, 11) is -5.19. The lowest BCUT2D eigenvalue weighted by molar-refractivity contribution is 0.191. The molecule has 1 saturated carbocycles. The van der Waals surface area contributed by atoms with Crippen molar-refractivity contribution in [1.82, 2.24) is 9.03 Å². The smallest absolute Gasteiger partial charge is 0.243 e. The summed E-state index contributed by atoms with van der Waals surface area (Å²) in [5, 5.41) is 0. The van der Waals surface area contributed by atoms with Gasteiger partial charge in [-0.3, -0.25) is 0 Å². The molecule has 1 aromatic carbocycles. The number of nitrogens with zero attached hydrogens (tertiary/aromatic N) is 1. The molecule has 142 valence electrons. The molecule has 2 rings (SSSR count). The highest BCUT2D eigenvalue weighted by Gasteiger charge is 2.41. The molecule has 2 unspecified atom stereocenters. The van der Waals surface area contributed by atoms with Crippen LogP contribution in [0.4, 0.5) is 0 Å². The Kier molecular flexibility index (Phi) is 5.95. The van der Waals surface area contributed by atoms with E-state index in [1.165, 1.54) is 38.4 Å². The minimum Gasteiger partial charge on any atom is -0.329 e. The fraction of sp³-hybridized carbons (Fsp3) is 0.625. The number of hydrogen-bond acceptors (Lipinski definition) is 5. The summed E-state index contributed by atoms with van der Waals surface area (Å²) in [4.78, 5) is -0.475. The lowest BCUT2D eigenvalue weighted by Crippen LogP contribution is -2.59. The maximum atomic E-state index is 13.1. The predicted octanol–water partition coefficient (Wildman–Crippen LogP) is 1.12. The second-order valence-corrected chi connectivity index (χ2v) is 10.6. The van der Waals surface area contributed by atoms with Gasteiger partial charge >= 0.3 is 0 Å². The lowest BCUT2D eigenvalue weighted by Gasteiger charge is -2.42. The van der Waals surface area contributed by atoms with Crippen LogP contribution in [0.15, 0.2) is 34.1 Å². The van der Waals surface area contributed by atoms with Gasteiger partial charge in [-0.1, -0.05) is 31.9 Å². The molecule has 0 aliphatic heterocycles. The second-order valence-electron chi connectivity index (χ2n) is 6.85. The Bertz CT molecular complexity index is 822. The molecular formula is C16H27N3O4S2. The van der Waals surface area contributed by atoms with Gasteiger partial charge in [-0.25, -0.2) is 25.9 Å². The van der Waals surface area contributed by atoms with Gasteiger partial charge in [0, 0.05) is 26.2 Å². The third kappa shape index (κ3) is 3.90. The maximum Gasteiger partial charge on any atom is 0.243 e. The van der Waals surface area contributed by atoms with Crippen LogP contribution in [0.3, 0.4) is 0 Å². The molecular weight excluding hydrogens is 362 g/mol. The average molecular weight is 390 g/mol. The summed E-state index contributed by atoms with van der Waals surface area (Å²) in [5.74, 6) is 0.0821. The Labute approximate surface area is 150 Å². The second kappa shape index (κ2) is 7.32. The molecule has 2 atom stereocenters. The van der Waals surface area contributed by atoms with Crippen molar-refractivity contribution >= 4 is 20.0 Å². The Hall–Kier alpha value is -1.00. The zero-order valence-corrected chi connectivity index (χ0v) is 16.5. The fourth-order valence-corrected chi connectivity index (χ4v) is 6.55. The minimum absolute atomic E-state index is 0.0821. The van der Waals surface area contributed by atoms with Crippen molar-refractivity contribution in [2.45, 2.75) is 47.9 Å². The van der Waals surface area contributed by atoms with Crippen LogP contribution < -0.4 is 10.5 Å². The molecule has 7 nitrogen and oxygen atoms in total. The first kappa shape index (κ1) is 20.3. The van der Waals surface area contributed by atoms with Crippen LogP contribution in [0.1, 0.15) is 32.6 Å². The van der Waals surface area contributed by atoms with E-state index >= 15 is 0 Å². The molecule has 1 aliphatic rings. The topological polar surface area (TPSA) is 110 Å². The molecule has 0 bridgehead atoms. The summed E-state index contributed by atoms with van der Waals surface area (Å²) < 4.78 is 54.9. The molecule has 0 radical (unpaired) electrons. The fourth-order valence-electron chi connectivity index (χ4n) is 3.31. The highest BCUT2D eigenvalue weighted by Crippen LogP contribution is 2.35. The molecule has 1 aliphatic carbocycles. The van der Waals surface area contributed by atoms with Crippen LogP contribution in [0.25, 0.3) is 0 Å². The van der Waals surface area contributed by atoms with Gasteiger partial charge in [0.25, 0.3) is 0 Å². The molecule has 0 aromatic heterocycles.